The Kier molecular flexibility index (Phi) is 4.23. The largest absolute Gasteiger partial charge is 0.292 e. The molecule has 0 unspecified atom stereocenters. The molecule has 2 rings (SSSR count). The van der Waals surface area contributed by atoms with E-state index < -0.39 is 5.82 Å². The summed E-state index contributed by atoms with van der Waals surface area (Å²) in [6.45, 7) is 0. The third-order valence-electron chi connectivity index (χ3n) is 1.94. The quantitative estimate of drug-likeness (QED) is 0.517. The Bertz CT molecular complexity index is 582. The average Bonchev–Trinajstić information content (AvgIpc) is 2.36. The second kappa shape index (κ2) is 5.71. The molecule has 0 aliphatic carbocycles. The number of nitrogens with two attached hydrogens (primary N) is 1. The van der Waals surface area contributed by atoms with Crippen LogP contribution in [0.5, 0.6) is 0 Å². The fraction of sp³-hybridized carbons (Fsp3) is 0. The molecule has 3 N–H and O–H groups in total. The molecule has 0 aliphatic heterocycles. The van der Waals surface area contributed by atoms with E-state index in [0.717, 1.165) is 18.0 Å². The fourth-order valence-corrected chi connectivity index (χ4v) is 2.46. The number of benzene rings is 1. The summed E-state index contributed by atoms with van der Waals surface area (Å²) in [5.41, 5.74) is 2.25. The van der Waals surface area contributed by atoms with Gasteiger partial charge in [0.2, 0.25) is 5.95 Å². The number of hydrazine groups is 1. The highest BCUT2D eigenvalue weighted by Crippen LogP contribution is 2.35. The zero-order valence-corrected chi connectivity index (χ0v) is 11.2. The Balaban J connectivity index is 2.36. The van der Waals surface area contributed by atoms with Gasteiger partial charge in [-0.15, -0.1) is 0 Å². The molecule has 0 bridgehead atoms. The second-order valence-corrected chi connectivity index (χ2v) is 5.04. The first-order valence-corrected chi connectivity index (χ1v) is 6.29. The zero-order valence-electron chi connectivity index (χ0n) is 8.82. The first kappa shape index (κ1) is 13.4. The molecule has 1 heterocycles. The smallest absolute Gasteiger partial charge is 0.238 e. The predicted octanol–water partition coefficient (Wildman–Crippen LogP) is 3.36. The lowest BCUT2D eigenvalue weighted by Gasteiger charge is -2.06. The van der Waals surface area contributed by atoms with Crippen LogP contribution >= 0.6 is 35.0 Å². The molecule has 2 aromatic rings. The molecule has 0 saturated heterocycles. The summed E-state index contributed by atoms with van der Waals surface area (Å²) < 4.78 is 13.5. The highest BCUT2D eigenvalue weighted by molar-refractivity contribution is 7.99. The zero-order chi connectivity index (χ0) is 13.1. The van der Waals surface area contributed by atoms with Crippen LogP contribution in [-0.4, -0.2) is 9.97 Å². The van der Waals surface area contributed by atoms with Crippen molar-refractivity contribution in [2.24, 2.45) is 5.84 Å². The summed E-state index contributed by atoms with van der Waals surface area (Å²) >= 11 is 12.9. The van der Waals surface area contributed by atoms with Gasteiger partial charge in [0.05, 0.1) is 11.2 Å². The van der Waals surface area contributed by atoms with E-state index in [0.29, 0.717) is 14.9 Å². The standard InChI is InChI=1S/C10H7Cl2FN4S/c11-5-1-2-6(12)8(3-5)18-9-7(13)4-15-10(16-9)17-14/h1-4H,14H2,(H,15,16,17). The van der Waals surface area contributed by atoms with E-state index in [1.807, 2.05) is 0 Å². The van der Waals surface area contributed by atoms with Gasteiger partial charge in [0.1, 0.15) is 5.03 Å². The number of aromatic nitrogens is 2. The van der Waals surface area contributed by atoms with Gasteiger partial charge in [-0.25, -0.2) is 20.2 Å². The van der Waals surface area contributed by atoms with Gasteiger partial charge in [-0.3, -0.25) is 5.43 Å². The Hall–Kier alpha value is -1.08. The monoisotopic (exact) mass is 304 g/mol. The average molecular weight is 305 g/mol. The Morgan fingerprint density at radius 2 is 2.11 bits per heavy atom. The van der Waals surface area contributed by atoms with Gasteiger partial charge in [-0.2, -0.15) is 0 Å². The fourth-order valence-electron chi connectivity index (χ4n) is 1.15. The Morgan fingerprint density at radius 3 is 2.83 bits per heavy atom. The lowest BCUT2D eigenvalue weighted by atomic mass is 10.4. The number of nitrogens with zero attached hydrogens (tertiary/aromatic N) is 2. The van der Waals surface area contributed by atoms with Crippen LogP contribution in [0.4, 0.5) is 10.3 Å². The molecule has 8 heteroatoms. The van der Waals surface area contributed by atoms with E-state index in [1.165, 1.54) is 0 Å². The van der Waals surface area contributed by atoms with Gasteiger partial charge in [-0.1, -0.05) is 35.0 Å². The van der Waals surface area contributed by atoms with Gasteiger partial charge in [-0.05, 0) is 18.2 Å². The highest BCUT2D eigenvalue weighted by Gasteiger charge is 2.11. The molecule has 4 nitrogen and oxygen atoms in total. The normalized spacial score (nSPS) is 10.4. The van der Waals surface area contributed by atoms with E-state index in [2.05, 4.69) is 15.4 Å². The van der Waals surface area contributed by atoms with Crippen LogP contribution in [-0.2, 0) is 0 Å². The number of hydrogen-bond donors (Lipinski definition) is 2. The van der Waals surface area contributed by atoms with Crippen LogP contribution in [0.1, 0.15) is 0 Å². The Labute approximate surface area is 117 Å². The summed E-state index contributed by atoms with van der Waals surface area (Å²) in [5.74, 6) is 4.72. The topological polar surface area (TPSA) is 63.8 Å². The third kappa shape index (κ3) is 3.02. The lowest BCUT2D eigenvalue weighted by Crippen LogP contribution is -2.11. The maximum atomic E-state index is 13.5. The van der Waals surface area contributed by atoms with Crippen LogP contribution in [0.15, 0.2) is 34.3 Å². The summed E-state index contributed by atoms with van der Waals surface area (Å²) in [6, 6.07) is 4.91. The van der Waals surface area contributed by atoms with Gasteiger partial charge in [0, 0.05) is 9.92 Å². The van der Waals surface area contributed by atoms with Crippen LogP contribution in [0, 0.1) is 5.82 Å². The van der Waals surface area contributed by atoms with Crippen molar-refractivity contribution in [1.29, 1.82) is 0 Å². The molecule has 0 saturated carbocycles. The van der Waals surface area contributed by atoms with Gasteiger partial charge >= 0.3 is 0 Å². The molecular weight excluding hydrogens is 298 g/mol. The van der Waals surface area contributed by atoms with Gasteiger partial charge in [0.25, 0.3) is 0 Å². The molecule has 0 fully saturated rings. The van der Waals surface area contributed by atoms with Crippen molar-refractivity contribution in [3.05, 3.63) is 40.3 Å². The molecule has 94 valence electrons. The van der Waals surface area contributed by atoms with Crippen molar-refractivity contribution < 1.29 is 4.39 Å². The number of halogens is 3. The van der Waals surface area contributed by atoms with Crippen molar-refractivity contribution in [3.8, 4) is 0 Å². The first-order chi connectivity index (χ1) is 8.60. The van der Waals surface area contributed by atoms with Crippen LogP contribution in [0.2, 0.25) is 10.0 Å². The number of rotatable bonds is 3. The summed E-state index contributed by atoms with van der Waals surface area (Å²) in [5, 5.41) is 1.08. The van der Waals surface area contributed by atoms with E-state index in [-0.39, 0.29) is 11.0 Å². The molecular formula is C10H7Cl2FN4S. The van der Waals surface area contributed by atoms with Crippen LogP contribution in [0.25, 0.3) is 0 Å². The van der Waals surface area contributed by atoms with Crippen LogP contribution in [0.3, 0.4) is 0 Å². The van der Waals surface area contributed by atoms with Crippen molar-refractivity contribution in [3.63, 3.8) is 0 Å². The molecule has 0 atom stereocenters. The summed E-state index contributed by atoms with van der Waals surface area (Å²) in [4.78, 5) is 8.14. The maximum Gasteiger partial charge on any atom is 0.238 e. The van der Waals surface area contributed by atoms with E-state index in [1.54, 1.807) is 18.2 Å². The lowest BCUT2D eigenvalue weighted by molar-refractivity contribution is 0.580. The second-order valence-electron chi connectivity index (χ2n) is 3.17. The third-order valence-corrected chi connectivity index (χ3v) is 3.65. The molecule has 0 aliphatic rings. The van der Waals surface area contributed by atoms with Crippen molar-refractivity contribution in [1.82, 2.24) is 9.97 Å². The number of nitrogen functional groups attached to an aromatic ring is 1. The molecule has 18 heavy (non-hydrogen) atoms. The van der Waals surface area contributed by atoms with Gasteiger partial charge < -0.3 is 0 Å². The van der Waals surface area contributed by atoms with Crippen molar-refractivity contribution in [2.75, 3.05) is 5.43 Å². The minimum absolute atomic E-state index is 0.113. The van der Waals surface area contributed by atoms with E-state index in [9.17, 15) is 4.39 Å². The minimum atomic E-state index is -0.560. The number of nitrogens with one attached hydrogen (secondary N) is 1. The molecule has 1 aromatic heterocycles. The van der Waals surface area contributed by atoms with Crippen molar-refractivity contribution >= 4 is 40.9 Å². The molecule has 0 spiro atoms. The first-order valence-electron chi connectivity index (χ1n) is 4.72. The highest BCUT2D eigenvalue weighted by atomic mass is 35.5. The van der Waals surface area contributed by atoms with Gasteiger partial charge in [0.15, 0.2) is 5.82 Å². The summed E-state index contributed by atoms with van der Waals surface area (Å²) in [6.07, 6.45) is 1.03. The number of hydrogen-bond acceptors (Lipinski definition) is 5. The SMILES string of the molecule is NNc1ncc(F)c(Sc2cc(Cl)ccc2Cl)n1. The predicted molar refractivity (Wildman–Crippen MR) is 70.4 cm³/mol. The maximum absolute atomic E-state index is 13.5. The van der Waals surface area contributed by atoms with E-state index >= 15 is 0 Å². The summed E-state index contributed by atoms with van der Waals surface area (Å²) in [7, 11) is 0. The number of anilines is 1. The Morgan fingerprint density at radius 1 is 1.33 bits per heavy atom. The van der Waals surface area contributed by atoms with E-state index in [4.69, 9.17) is 29.0 Å². The molecule has 0 amide bonds. The molecule has 0 radical (unpaired) electrons. The van der Waals surface area contributed by atoms with Crippen molar-refractivity contribution in [2.45, 2.75) is 9.92 Å². The van der Waals surface area contributed by atoms with Crippen LogP contribution < -0.4 is 11.3 Å². The molecule has 1 aromatic carbocycles. The minimum Gasteiger partial charge on any atom is -0.292 e.